The lowest BCUT2D eigenvalue weighted by Gasteiger charge is -2.37. The minimum Gasteiger partial charge on any atom is -0.456 e. The summed E-state index contributed by atoms with van der Waals surface area (Å²) in [6, 6.07) is 16.8. The zero-order valence-electron chi connectivity index (χ0n) is 31.9. The standard InChI is InChI=1S/C41H46FN4O9P/c1-40(39(49)44-22-11-7-6-10-21-43-37(47)36(42)28-13-8-9-15-33(28)55-56(50,51)52)20-12-14-30-29(25-40)38(48)54-41(30)31-18-16-26(45(2)3)23-34(31)53-35-24-27(46(4)5)17-19-32(35)41/h8-9,12-20,23-25,36H,6-7,10-11,21-22H2,1-5H3,(H,43,47)(H,44,49)(H2,50,51,52). The van der Waals surface area contributed by atoms with Crippen LogP contribution in [0, 0.1) is 5.41 Å². The number of carbonyl (C=O) groups is 3. The molecule has 15 heteroatoms. The first-order valence-corrected chi connectivity index (χ1v) is 19.8. The zero-order valence-corrected chi connectivity index (χ0v) is 32.8. The van der Waals surface area contributed by atoms with Crippen LogP contribution in [0.25, 0.3) is 0 Å². The molecule has 6 rings (SSSR count). The average molecular weight is 789 g/mol. The highest BCUT2D eigenvalue weighted by atomic mass is 31.2. The number of amides is 2. The van der Waals surface area contributed by atoms with Gasteiger partial charge in [0.2, 0.25) is 12.1 Å². The van der Waals surface area contributed by atoms with E-state index in [2.05, 4.69) is 15.2 Å². The highest BCUT2D eigenvalue weighted by molar-refractivity contribution is 7.46. The fraction of sp³-hybridized carbons (Fsp3) is 0.341. The number of phosphoric acid groups is 1. The molecule has 1 fully saturated rings. The van der Waals surface area contributed by atoms with E-state index < -0.39 is 42.6 Å². The molecule has 3 aliphatic rings. The van der Waals surface area contributed by atoms with E-state index in [1.807, 2.05) is 80.5 Å². The number of nitrogens with one attached hydrogen (secondary N) is 2. The van der Waals surface area contributed by atoms with Crippen molar-refractivity contribution in [2.24, 2.45) is 5.41 Å². The van der Waals surface area contributed by atoms with Gasteiger partial charge in [-0.2, -0.15) is 0 Å². The molecule has 3 aromatic carbocycles. The van der Waals surface area contributed by atoms with Crippen molar-refractivity contribution in [3.63, 3.8) is 0 Å². The van der Waals surface area contributed by atoms with Crippen LogP contribution in [0.15, 0.2) is 96.1 Å². The third-order valence-corrected chi connectivity index (χ3v) is 10.5. The second kappa shape index (κ2) is 16.0. The van der Waals surface area contributed by atoms with Crippen molar-refractivity contribution in [3.05, 3.63) is 113 Å². The number of carbonyl (C=O) groups excluding carboxylic acids is 3. The summed E-state index contributed by atoms with van der Waals surface area (Å²) < 4.78 is 43.5. The molecule has 2 heterocycles. The number of hydrogen-bond donors (Lipinski definition) is 4. The van der Waals surface area contributed by atoms with Crippen molar-refractivity contribution in [1.29, 1.82) is 0 Å². The van der Waals surface area contributed by atoms with Gasteiger partial charge in [0, 0.05) is 87.1 Å². The number of ether oxygens (including phenoxy) is 2. The Balaban J connectivity index is 1.07. The van der Waals surface area contributed by atoms with Gasteiger partial charge < -0.3 is 34.4 Å². The van der Waals surface area contributed by atoms with Crippen molar-refractivity contribution < 1.29 is 47.1 Å². The third-order valence-electron chi connectivity index (χ3n) is 10.0. The van der Waals surface area contributed by atoms with Crippen molar-refractivity contribution in [2.45, 2.75) is 44.4 Å². The van der Waals surface area contributed by atoms with Gasteiger partial charge in [-0.1, -0.05) is 55.3 Å². The number of allylic oxidation sites excluding steroid dienone is 2. The molecule has 2 amide bonds. The van der Waals surface area contributed by atoms with Gasteiger partial charge in [0.1, 0.15) is 17.2 Å². The third kappa shape index (κ3) is 8.09. The largest absolute Gasteiger partial charge is 0.524 e. The van der Waals surface area contributed by atoms with Crippen LogP contribution in [-0.2, 0) is 29.3 Å². The maximum atomic E-state index is 14.9. The smallest absolute Gasteiger partial charge is 0.456 e. The molecule has 0 bridgehead atoms. The van der Waals surface area contributed by atoms with Crippen LogP contribution in [-0.4, -0.2) is 68.9 Å². The Bertz CT molecular complexity index is 2120. The summed E-state index contributed by atoms with van der Waals surface area (Å²) in [5.41, 5.74) is 1.35. The quantitative estimate of drug-likeness (QED) is 0.0844. The molecule has 0 saturated carbocycles. The number of fused-ring (bicyclic) bond motifs is 6. The molecule has 4 N–H and O–H groups in total. The molecule has 2 aliphatic heterocycles. The van der Waals surface area contributed by atoms with Gasteiger partial charge in [-0.05, 0) is 50.1 Å². The number of benzene rings is 3. The molecule has 1 saturated heterocycles. The predicted molar refractivity (Wildman–Crippen MR) is 209 cm³/mol. The maximum Gasteiger partial charge on any atom is 0.524 e. The van der Waals surface area contributed by atoms with Gasteiger partial charge in [0.15, 0.2) is 5.60 Å². The lowest BCUT2D eigenvalue weighted by molar-refractivity contribution is -0.143. The fourth-order valence-electron chi connectivity index (χ4n) is 7.06. The van der Waals surface area contributed by atoms with E-state index in [4.69, 9.17) is 19.3 Å². The van der Waals surface area contributed by atoms with Gasteiger partial charge in [0.25, 0.3) is 5.91 Å². The highest BCUT2D eigenvalue weighted by Crippen LogP contribution is 2.59. The van der Waals surface area contributed by atoms with Gasteiger partial charge in [-0.25, -0.2) is 13.8 Å². The first-order valence-electron chi connectivity index (χ1n) is 18.3. The first-order chi connectivity index (χ1) is 26.5. The summed E-state index contributed by atoms with van der Waals surface area (Å²) >= 11 is 0. The van der Waals surface area contributed by atoms with Crippen LogP contribution in [0.2, 0.25) is 0 Å². The number of esters is 1. The van der Waals surface area contributed by atoms with Crippen LogP contribution >= 0.6 is 7.82 Å². The summed E-state index contributed by atoms with van der Waals surface area (Å²) in [6.07, 6.45) is 7.48. The van der Waals surface area contributed by atoms with E-state index >= 15 is 0 Å². The molecular weight excluding hydrogens is 742 g/mol. The second-order valence-corrected chi connectivity index (χ2v) is 15.7. The van der Waals surface area contributed by atoms with Gasteiger partial charge in [0.05, 0.1) is 11.0 Å². The number of para-hydroxylation sites is 1. The van der Waals surface area contributed by atoms with E-state index in [0.29, 0.717) is 66.0 Å². The van der Waals surface area contributed by atoms with Crippen LogP contribution in [0.4, 0.5) is 15.8 Å². The summed E-state index contributed by atoms with van der Waals surface area (Å²) in [5.74, 6) is -1.06. The monoisotopic (exact) mass is 788 g/mol. The zero-order chi connectivity index (χ0) is 40.4. The molecule has 2 atom stereocenters. The number of alkyl halides is 1. The Labute approximate surface area is 325 Å². The van der Waals surface area contributed by atoms with Crippen LogP contribution in [0.5, 0.6) is 17.2 Å². The molecular formula is C41H46FN4O9P. The first kappa shape index (κ1) is 40.2. The molecule has 13 nitrogen and oxygen atoms in total. The minimum atomic E-state index is -4.94. The van der Waals surface area contributed by atoms with E-state index in [-0.39, 0.29) is 18.0 Å². The number of anilines is 2. The van der Waals surface area contributed by atoms with Crippen molar-refractivity contribution in [2.75, 3.05) is 51.1 Å². The highest BCUT2D eigenvalue weighted by Gasteiger charge is 2.56. The Morgan fingerprint density at radius 2 is 1.48 bits per heavy atom. The van der Waals surface area contributed by atoms with E-state index in [1.165, 1.54) is 24.3 Å². The molecule has 2 unspecified atom stereocenters. The number of halogens is 1. The van der Waals surface area contributed by atoms with E-state index in [1.54, 1.807) is 25.2 Å². The van der Waals surface area contributed by atoms with Gasteiger partial charge in [-0.15, -0.1) is 0 Å². The number of nitrogens with zero attached hydrogens (tertiary/aromatic N) is 2. The molecule has 0 radical (unpaired) electrons. The van der Waals surface area contributed by atoms with Gasteiger partial charge in [-0.3, -0.25) is 19.4 Å². The number of unbranched alkanes of at least 4 members (excludes halogenated alkanes) is 3. The molecule has 3 aromatic rings. The van der Waals surface area contributed by atoms with Crippen molar-refractivity contribution in [3.8, 4) is 17.2 Å². The van der Waals surface area contributed by atoms with Crippen LogP contribution in [0.3, 0.4) is 0 Å². The van der Waals surface area contributed by atoms with E-state index in [0.717, 1.165) is 11.4 Å². The number of hydrogen-bond acceptors (Lipinski definition) is 9. The normalized spacial score (nSPS) is 18.2. The lowest BCUT2D eigenvalue weighted by atomic mass is 9.75. The number of phosphoric ester groups is 1. The molecule has 296 valence electrons. The van der Waals surface area contributed by atoms with Crippen molar-refractivity contribution in [1.82, 2.24) is 10.6 Å². The van der Waals surface area contributed by atoms with E-state index in [9.17, 15) is 23.3 Å². The van der Waals surface area contributed by atoms with Gasteiger partial charge >= 0.3 is 13.8 Å². The average Bonchev–Trinajstić information content (AvgIpc) is 3.27. The predicted octanol–water partition coefficient (Wildman–Crippen LogP) is 6.13. The summed E-state index contributed by atoms with van der Waals surface area (Å²) in [5, 5.41) is 5.49. The summed E-state index contributed by atoms with van der Waals surface area (Å²) in [6.45, 7) is 2.30. The Hall–Kier alpha value is -5.43. The fourth-order valence-corrected chi connectivity index (χ4v) is 7.48. The van der Waals surface area contributed by atoms with Crippen LogP contribution < -0.4 is 29.7 Å². The maximum absolute atomic E-state index is 14.9. The molecule has 0 aromatic heterocycles. The summed E-state index contributed by atoms with van der Waals surface area (Å²) in [4.78, 5) is 62.1. The second-order valence-electron chi connectivity index (χ2n) is 14.5. The van der Waals surface area contributed by atoms with Crippen molar-refractivity contribution >= 4 is 37.0 Å². The molecule has 1 aliphatic carbocycles. The van der Waals surface area contributed by atoms with Crippen LogP contribution in [0.1, 0.15) is 55.5 Å². The molecule has 56 heavy (non-hydrogen) atoms. The lowest BCUT2D eigenvalue weighted by Crippen LogP contribution is -2.37. The minimum absolute atomic E-state index is 0.186. The SMILES string of the molecule is CN(C)c1ccc2c(c1)Oc1cc(N(C)C)ccc1C21OC(=O)C2=CC(C)(C(=O)NCCCCCCNC(=O)C(F)c3ccccc3OP(=O)(O)O)C=CC=C21. The molecule has 1 spiro atoms. The topological polar surface area (TPSA) is 167 Å². The summed E-state index contributed by atoms with van der Waals surface area (Å²) in [7, 11) is 2.81. The number of rotatable bonds is 14. The Kier molecular flexibility index (Phi) is 11.5. The Morgan fingerprint density at radius 1 is 0.893 bits per heavy atom. The Morgan fingerprint density at radius 3 is 2.07 bits per heavy atom.